The molecule has 0 atom stereocenters. The summed E-state index contributed by atoms with van der Waals surface area (Å²) in [6, 6.07) is 5.69. The molecule has 1 N–H and O–H groups in total. The van der Waals surface area contributed by atoms with Gasteiger partial charge in [-0.25, -0.2) is 0 Å². The monoisotopic (exact) mass is 326 g/mol. The molecule has 1 saturated heterocycles. The highest BCUT2D eigenvalue weighted by atomic mass is 79.9. The van der Waals surface area contributed by atoms with E-state index in [1.165, 1.54) is 0 Å². The standard InChI is InChI=1S/C14H19BrN2O2/c1-17(14(18)10-5-7-16-8-6-10)11-3-4-13(19-2)12(15)9-11/h3-4,9-10,16H,5-8H2,1-2H3. The number of anilines is 1. The summed E-state index contributed by atoms with van der Waals surface area (Å²) < 4.78 is 6.06. The zero-order valence-electron chi connectivity index (χ0n) is 11.3. The minimum absolute atomic E-state index is 0.132. The minimum atomic E-state index is 0.132. The number of nitrogens with zero attached hydrogens (tertiary/aromatic N) is 1. The van der Waals surface area contributed by atoms with Crippen LogP contribution in [0.5, 0.6) is 5.75 Å². The van der Waals surface area contributed by atoms with Crippen molar-refractivity contribution >= 4 is 27.5 Å². The number of amides is 1. The summed E-state index contributed by atoms with van der Waals surface area (Å²) in [7, 11) is 3.46. The van der Waals surface area contributed by atoms with Gasteiger partial charge in [0, 0.05) is 18.7 Å². The van der Waals surface area contributed by atoms with Crippen LogP contribution in [0.1, 0.15) is 12.8 Å². The first-order chi connectivity index (χ1) is 9.13. The third-order valence-corrected chi connectivity index (χ3v) is 4.16. The molecule has 0 radical (unpaired) electrons. The summed E-state index contributed by atoms with van der Waals surface area (Å²) in [6.45, 7) is 1.85. The zero-order chi connectivity index (χ0) is 13.8. The molecule has 4 nitrogen and oxygen atoms in total. The van der Waals surface area contributed by atoms with E-state index in [9.17, 15) is 4.79 Å². The molecule has 1 aliphatic heterocycles. The van der Waals surface area contributed by atoms with E-state index in [0.717, 1.165) is 41.8 Å². The maximum Gasteiger partial charge on any atom is 0.229 e. The maximum atomic E-state index is 12.4. The average molecular weight is 327 g/mol. The fourth-order valence-electron chi connectivity index (χ4n) is 2.33. The van der Waals surface area contributed by atoms with Crippen LogP contribution in [0.2, 0.25) is 0 Å². The van der Waals surface area contributed by atoms with Crippen molar-refractivity contribution in [2.75, 3.05) is 32.1 Å². The number of methoxy groups -OCH3 is 1. The van der Waals surface area contributed by atoms with E-state index in [4.69, 9.17) is 4.74 Å². The number of halogens is 1. The Labute approximate surface area is 122 Å². The lowest BCUT2D eigenvalue weighted by Gasteiger charge is -2.27. The number of hydrogen-bond donors (Lipinski definition) is 1. The molecule has 19 heavy (non-hydrogen) atoms. The minimum Gasteiger partial charge on any atom is -0.496 e. The topological polar surface area (TPSA) is 41.6 Å². The molecule has 1 amide bonds. The molecule has 1 aromatic carbocycles. The molecule has 1 aromatic rings. The number of ether oxygens (including phenoxy) is 1. The number of nitrogens with one attached hydrogen (secondary N) is 1. The van der Waals surface area contributed by atoms with Gasteiger partial charge in [-0.3, -0.25) is 4.79 Å². The molecule has 0 spiro atoms. The quantitative estimate of drug-likeness (QED) is 0.927. The fraction of sp³-hybridized carbons (Fsp3) is 0.500. The Bertz CT molecular complexity index is 459. The van der Waals surface area contributed by atoms with E-state index in [1.807, 2.05) is 25.2 Å². The van der Waals surface area contributed by atoms with Crippen LogP contribution in [-0.4, -0.2) is 33.2 Å². The van der Waals surface area contributed by atoms with Crippen molar-refractivity contribution in [3.63, 3.8) is 0 Å². The first-order valence-electron chi connectivity index (χ1n) is 6.45. The molecule has 2 rings (SSSR count). The Kier molecular flexibility index (Phi) is 4.82. The van der Waals surface area contributed by atoms with Crippen LogP contribution in [0.15, 0.2) is 22.7 Å². The average Bonchev–Trinajstić information content (AvgIpc) is 2.46. The largest absolute Gasteiger partial charge is 0.496 e. The lowest BCUT2D eigenvalue weighted by molar-refractivity contribution is -0.122. The van der Waals surface area contributed by atoms with Gasteiger partial charge in [0.15, 0.2) is 0 Å². The molecular formula is C14H19BrN2O2. The number of piperidine rings is 1. The smallest absolute Gasteiger partial charge is 0.229 e. The van der Waals surface area contributed by atoms with Gasteiger partial charge in [-0.1, -0.05) is 0 Å². The van der Waals surface area contributed by atoms with Crippen LogP contribution in [0.4, 0.5) is 5.69 Å². The van der Waals surface area contributed by atoms with E-state index in [2.05, 4.69) is 21.2 Å². The van der Waals surface area contributed by atoms with Gasteiger partial charge in [-0.15, -0.1) is 0 Å². The Balaban J connectivity index is 2.11. The first kappa shape index (κ1) is 14.3. The van der Waals surface area contributed by atoms with Crippen molar-refractivity contribution in [1.29, 1.82) is 0 Å². The van der Waals surface area contributed by atoms with Gasteiger partial charge in [-0.05, 0) is 60.1 Å². The van der Waals surface area contributed by atoms with E-state index in [0.29, 0.717) is 0 Å². The van der Waals surface area contributed by atoms with E-state index >= 15 is 0 Å². The van der Waals surface area contributed by atoms with Gasteiger partial charge in [0.25, 0.3) is 0 Å². The Morgan fingerprint density at radius 3 is 2.68 bits per heavy atom. The second kappa shape index (κ2) is 6.39. The summed E-state index contributed by atoms with van der Waals surface area (Å²) in [6.07, 6.45) is 1.83. The summed E-state index contributed by atoms with van der Waals surface area (Å²) >= 11 is 3.45. The van der Waals surface area contributed by atoms with Crippen LogP contribution < -0.4 is 15.0 Å². The first-order valence-corrected chi connectivity index (χ1v) is 7.24. The highest BCUT2D eigenvalue weighted by molar-refractivity contribution is 9.10. The van der Waals surface area contributed by atoms with Crippen LogP contribution in [-0.2, 0) is 4.79 Å². The molecule has 1 fully saturated rings. The second-order valence-corrected chi connectivity index (χ2v) is 5.59. The van der Waals surface area contributed by atoms with Crippen molar-refractivity contribution in [1.82, 2.24) is 5.32 Å². The number of rotatable bonds is 3. The van der Waals surface area contributed by atoms with Crippen molar-refractivity contribution in [3.05, 3.63) is 22.7 Å². The van der Waals surface area contributed by atoms with Gasteiger partial charge >= 0.3 is 0 Å². The number of carbonyl (C=O) groups is 1. The highest BCUT2D eigenvalue weighted by Gasteiger charge is 2.24. The third kappa shape index (κ3) is 3.28. The van der Waals surface area contributed by atoms with Crippen LogP contribution in [0.25, 0.3) is 0 Å². The summed E-state index contributed by atoms with van der Waals surface area (Å²) in [5.74, 6) is 1.09. The van der Waals surface area contributed by atoms with Gasteiger partial charge in [0.1, 0.15) is 5.75 Å². The number of hydrogen-bond acceptors (Lipinski definition) is 3. The normalized spacial score (nSPS) is 16.2. The summed E-state index contributed by atoms with van der Waals surface area (Å²) in [5, 5.41) is 3.28. The van der Waals surface area contributed by atoms with Crippen LogP contribution >= 0.6 is 15.9 Å². The van der Waals surface area contributed by atoms with Crippen molar-refractivity contribution < 1.29 is 9.53 Å². The van der Waals surface area contributed by atoms with Gasteiger partial charge < -0.3 is 15.0 Å². The Hall–Kier alpha value is -1.07. The maximum absolute atomic E-state index is 12.4. The van der Waals surface area contributed by atoms with Gasteiger partial charge in [-0.2, -0.15) is 0 Å². The number of benzene rings is 1. The predicted molar refractivity (Wildman–Crippen MR) is 79.7 cm³/mol. The SMILES string of the molecule is COc1ccc(N(C)C(=O)C2CCNCC2)cc1Br. The molecule has 0 aliphatic carbocycles. The van der Waals surface area contributed by atoms with Crippen LogP contribution in [0, 0.1) is 5.92 Å². The molecule has 5 heteroatoms. The lowest BCUT2D eigenvalue weighted by Crippen LogP contribution is -2.39. The van der Waals surface area contributed by atoms with E-state index in [-0.39, 0.29) is 11.8 Å². The molecule has 104 valence electrons. The van der Waals surface area contributed by atoms with Crippen LogP contribution in [0.3, 0.4) is 0 Å². The summed E-state index contributed by atoms with van der Waals surface area (Å²) in [5.41, 5.74) is 0.885. The molecular weight excluding hydrogens is 308 g/mol. The molecule has 0 saturated carbocycles. The van der Waals surface area contributed by atoms with E-state index in [1.54, 1.807) is 12.0 Å². The molecule has 1 aliphatic rings. The second-order valence-electron chi connectivity index (χ2n) is 4.74. The predicted octanol–water partition coefficient (Wildman–Crippen LogP) is 2.42. The third-order valence-electron chi connectivity index (χ3n) is 3.54. The lowest BCUT2D eigenvalue weighted by atomic mass is 9.96. The Morgan fingerprint density at radius 2 is 2.11 bits per heavy atom. The Morgan fingerprint density at radius 1 is 1.42 bits per heavy atom. The fourth-order valence-corrected chi connectivity index (χ4v) is 2.86. The number of carbonyl (C=O) groups excluding carboxylic acids is 1. The highest BCUT2D eigenvalue weighted by Crippen LogP contribution is 2.30. The molecule has 1 heterocycles. The van der Waals surface area contributed by atoms with Gasteiger partial charge in [0.2, 0.25) is 5.91 Å². The molecule has 0 unspecified atom stereocenters. The molecule has 0 bridgehead atoms. The molecule has 0 aromatic heterocycles. The summed E-state index contributed by atoms with van der Waals surface area (Å²) in [4.78, 5) is 14.2. The van der Waals surface area contributed by atoms with Crippen molar-refractivity contribution in [3.8, 4) is 5.75 Å². The zero-order valence-corrected chi connectivity index (χ0v) is 12.9. The van der Waals surface area contributed by atoms with E-state index < -0.39 is 0 Å². The van der Waals surface area contributed by atoms with Crippen molar-refractivity contribution in [2.45, 2.75) is 12.8 Å². The van der Waals surface area contributed by atoms with Gasteiger partial charge in [0.05, 0.1) is 11.6 Å². The van der Waals surface area contributed by atoms with Crippen molar-refractivity contribution in [2.24, 2.45) is 5.92 Å².